The summed E-state index contributed by atoms with van der Waals surface area (Å²) in [6, 6.07) is 0. The molecule has 0 aliphatic carbocycles. The fourth-order valence-corrected chi connectivity index (χ4v) is 0. The second kappa shape index (κ2) is 10.0. The van der Waals surface area contributed by atoms with E-state index in [2.05, 4.69) is 24.3 Å². The second-order valence-electron chi connectivity index (χ2n) is 1.77. The molecule has 1 nitrogen and oxygen atoms in total. The molecule has 0 aliphatic heterocycles. The lowest BCUT2D eigenvalue weighted by molar-refractivity contribution is 0.460. The first kappa shape index (κ1) is 10.8. The van der Waals surface area contributed by atoms with Crippen LogP contribution in [0.3, 0.4) is 0 Å². The SMILES string of the molecule is CC=C(C)C.CO[SiH3]. The maximum atomic E-state index is 4.39. The van der Waals surface area contributed by atoms with Gasteiger partial charge in [-0.15, -0.1) is 0 Å². The van der Waals surface area contributed by atoms with Crippen molar-refractivity contribution in [1.82, 2.24) is 0 Å². The van der Waals surface area contributed by atoms with Crippen molar-refractivity contribution in [3.63, 3.8) is 0 Å². The summed E-state index contributed by atoms with van der Waals surface area (Å²) < 4.78 is 4.39. The van der Waals surface area contributed by atoms with Crippen LogP contribution in [-0.2, 0) is 4.43 Å². The molecule has 0 amide bonds. The van der Waals surface area contributed by atoms with Crippen molar-refractivity contribution < 1.29 is 4.43 Å². The zero-order valence-corrected chi connectivity index (χ0v) is 8.49. The summed E-state index contributed by atoms with van der Waals surface area (Å²) in [5, 5.41) is 0. The number of hydrogen-bond donors (Lipinski definition) is 0. The zero-order chi connectivity index (χ0) is 6.99. The molecule has 0 aromatic rings. The predicted molar refractivity (Wildman–Crippen MR) is 42.1 cm³/mol. The van der Waals surface area contributed by atoms with Crippen LogP contribution in [-0.4, -0.2) is 17.6 Å². The molecule has 0 spiro atoms. The van der Waals surface area contributed by atoms with Gasteiger partial charge in [0.15, 0.2) is 0 Å². The zero-order valence-electron chi connectivity index (χ0n) is 6.49. The van der Waals surface area contributed by atoms with E-state index >= 15 is 0 Å². The van der Waals surface area contributed by atoms with Crippen molar-refractivity contribution >= 4 is 10.5 Å². The van der Waals surface area contributed by atoms with E-state index in [1.807, 2.05) is 6.92 Å². The van der Waals surface area contributed by atoms with Crippen LogP contribution in [0.4, 0.5) is 0 Å². The highest BCUT2D eigenvalue weighted by atomic mass is 28.2. The Morgan fingerprint density at radius 1 is 1.50 bits per heavy atom. The first-order chi connectivity index (χ1) is 3.68. The van der Waals surface area contributed by atoms with Crippen LogP contribution >= 0.6 is 0 Å². The van der Waals surface area contributed by atoms with Crippen LogP contribution in [0.15, 0.2) is 11.6 Å². The first-order valence-corrected chi connectivity index (χ1v) is 3.50. The van der Waals surface area contributed by atoms with Crippen LogP contribution < -0.4 is 0 Å². The summed E-state index contributed by atoms with van der Waals surface area (Å²) in [6.07, 6.45) is 2.08. The maximum absolute atomic E-state index is 4.39. The number of allylic oxidation sites excluding steroid dienone is 2. The standard InChI is InChI=1S/C5H10.CH6OSi/c1-4-5(2)3;1-2-3/h4H,1-3H3;1,3H3. The van der Waals surface area contributed by atoms with Gasteiger partial charge in [-0.05, 0) is 20.8 Å². The van der Waals surface area contributed by atoms with Crippen LogP contribution in [0, 0.1) is 0 Å². The normalized spacial score (nSPS) is 7.00. The van der Waals surface area contributed by atoms with Gasteiger partial charge in [-0.3, -0.25) is 0 Å². The van der Waals surface area contributed by atoms with E-state index in [-0.39, 0.29) is 0 Å². The first-order valence-electron chi connectivity index (χ1n) is 2.68. The molecular weight excluding hydrogens is 116 g/mol. The van der Waals surface area contributed by atoms with Gasteiger partial charge in [-0.2, -0.15) is 0 Å². The summed E-state index contributed by atoms with van der Waals surface area (Å²) in [6.45, 7) is 6.20. The van der Waals surface area contributed by atoms with Crippen LogP contribution in [0.25, 0.3) is 0 Å². The molecule has 0 aromatic carbocycles. The van der Waals surface area contributed by atoms with Gasteiger partial charge in [0.25, 0.3) is 0 Å². The van der Waals surface area contributed by atoms with Gasteiger partial charge in [0.2, 0.25) is 0 Å². The highest BCUT2D eigenvalue weighted by Gasteiger charge is 1.60. The van der Waals surface area contributed by atoms with Gasteiger partial charge in [-0.25, -0.2) is 0 Å². The Morgan fingerprint density at radius 2 is 1.62 bits per heavy atom. The minimum absolute atomic E-state index is 0.869. The topological polar surface area (TPSA) is 9.23 Å². The van der Waals surface area contributed by atoms with E-state index in [9.17, 15) is 0 Å². The summed E-state index contributed by atoms with van der Waals surface area (Å²) in [7, 11) is 2.56. The van der Waals surface area contributed by atoms with Crippen LogP contribution in [0.2, 0.25) is 0 Å². The van der Waals surface area contributed by atoms with Gasteiger partial charge in [0, 0.05) is 7.11 Å². The Labute approximate surface area is 55.3 Å². The quantitative estimate of drug-likeness (QED) is 0.351. The van der Waals surface area contributed by atoms with E-state index < -0.39 is 0 Å². The minimum Gasteiger partial charge on any atom is -0.431 e. The van der Waals surface area contributed by atoms with Crippen molar-refractivity contribution in [1.29, 1.82) is 0 Å². The minimum atomic E-state index is 0.869. The fourth-order valence-electron chi connectivity index (χ4n) is 0. The molecule has 0 atom stereocenters. The molecule has 0 saturated heterocycles. The average molecular weight is 132 g/mol. The molecule has 0 heterocycles. The molecular formula is C6H16OSi. The van der Waals surface area contributed by atoms with Crippen LogP contribution in [0.1, 0.15) is 20.8 Å². The monoisotopic (exact) mass is 132 g/mol. The summed E-state index contributed by atoms with van der Waals surface area (Å²) in [5.41, 5.74) is 1.38. The van der Waals surface area contributed by atoms with Gasteiger partial charge in [-0.1, -0.05) is 11.6 Å². The van der Waals surface area contributed by atoms with Gasteiger partial charge in [0.05, 0.1) is 0 Å². The smallest absolute Gasteiger partial charge is 0.145 e. The molecule has 0 rings (SSSR count). The molecule has 0 aromatic heterocycles. The molecule has 8 heavy (non-hydrogen) atoms. The molecule has 0 saturated carbocycles. The van der Waals surface area contributed by atoms with Gasteiger partial charge < -0.3 is 4.43 Å². The van der Waals surface area contributed by atoms with Gasteiger partial charge in [0.1, 0.15) is 10.5 Å². The molecule has 0 radical (unpaired) electrons. The lowest BCUT2D eigenvalue weighted by Crippen LogP contribution is -1.60. The lowest BCUT2D eigenvalue weighted by Gasteiger charge is -1.74. The number of hydrogen-bond acceptors (Lipinski definition) is 1. The summed E-state index contributed by atoms with van der Waals surface area (Å²) in [5.74, 6) is 0. The van der Waals surface area contributed by atoms with Gasteiger partial charge >= 0.3 is 0 Å². The Morgan fingerprint density at radius 3 is 1.62 bits per heavy atom. The average Bonchev–Trinajstić information content (AvgIpc) is 1.69. The Hall–Kier alpha value is -0.0831. The third-order valence-corrected chi connectivity index (χ3v) is 0.577. The molecule has 0 N–H and O–H groups in total. The van der Waals surface area contributed by atoms with Crippen molar-refractivity contribution in [3.05, 3.63) is 11.6 Å². The van der Waals surface area contributed by atoms with Crippen molar-refractivity contribution in [3.8, 4) is 0 Å². The fraction of sp³-hybridized carbons (Fsp3) is 0.667. The van der Waals surface area contributed by atoms with E-state index in [1.54, 1.807) is 7.11 Å². The summed E-state index contributed by atoms with van der Waals surface area (Å²) >= 11 is 0. The largest absolute Gasteiger partial charge is 0.431 e. The van der Waals surface area contributed by atoms with Crippen molar-refractivity contribution in [2.75, 3.05) is 7.11 Å². The van der Waals surface area contributed by atoms with E-state index in [0.29, 0.717) is 0 Å². The Balaban J connectivity index is 0. The van der Waals surface area contributed by atoms with Crippen molar-refractivity contribution in [2.45, 2.75) is 20.8 Å². The molecule has 0 aliphatic rings. The predicted octanol–water partition coefficient (Wildman–Crippen LogP) is 0.886. The molecule has 0 unspecified atom stereocenters. The third-order valence-electron chi connectivity index (χ3n) is 0.577. The molecule has 0 fully saturated rings. The van der Waals surface area contributed by atoms with E-state index in [1.165, 1.54) is 5.57 Å². The Bertz CT molecular complexity index is 55.5. The molecule has 0 bridgehead atoms. The third kappa shape index (κ3) is 38.9. The maximum Gasteiger partial charge on any atom is 0.145 e. The van der Waals surface area contributed by atoms with Crippen LogP contribution in [0.5, 0.6) is 0 Å². The highest BCUT2D eigenvalue weighted by molar-refractivity contribution is 5.97. The lowest BCUT2D eigenvalue weighted by atomic mass is 10.3. The molecule has 50 valence electrons. The molecule has 2 heteroatoms. The highest BCUT2D eigenvalue weighted by Crippen LogP contribution is 1.82. The van der Waals surface area contributed by atoms with Crippen molar-refractivity contribution in [2.24, 2.45) is 0 Å². The number of rotatable bonds is 0. The van der Waals surface area contributed by atoms with E-state index in [4.69, 9.17) is 0 Å². The second-order valence-corrected chi connectivity index (χ2v) is 2.59. The summed E-state index contributed by atoms with van der Waals surface area (Å²) in [4.78, 5) is 0. The van der Waals surface area contributed by atoms with E-state index in [0.717, 1.165) is 10.5 Å². The Kier molecular flexibility index (Phi) is 13.5.